The first kappa shape index (κ1) is 13.4. The van der Waals surface area contributed by atoms with Crippen molar-refractivity contribution < 1.29 is 4.74 Å². The molecule has 0 aliphatic rings. The highest BCUT2D eigenvalue weighted by atomic mass is 16.5. The van der Waals surface area contributed by atoms with Crippen molar-refractivity contribution in [1.82, 2.24) is 0 Å². The van der Waals surface area contributed by atoms with E-state index in [0.29, 0.717) is 0 Å². The van der Waals surface area contributed by atoms with Crippen molar-refractivity contribution in [2.45, 2.75) is 27.2 Å². The molecule has 3 heteroatoms. The van der Waals surface area contributed by atoms with E-state index in [1.807, 2.05) is 32.0 Å². The Morgan fingerprint density at radius 3 is 2.71 bits per heavy atom. The van der Waals surface area contributed by atoms with Crippen LogP contribution in [0.4, 0.5) is 5.69 Å². The van der Waals surface area contributed by atoms with Crippen LogP contribution in [0.25, 0.3) is 0 Å². The van der Waals surface area contributed by atoms with Crippen molar-refractivity contribution in [3.63, 3.8) is 0 Å². The summed E-state index contributed by atoms with van der Waals surface area (Å²) in [6.45, 7) is 6.74. The van der Waals surface area contributed by atoms with Gasteiger partial charge in [-0.1, -0.05) is 6.07 Å². The average Bonchev–Trinajstić information content (AvgIpc) is 2.31. The number of aryl methyl sites for hydroxylation is 1. The highest BCUT2D eigenvalue weighted by Gasteiger charge is 2.15. The topological polar surface area (TPSA) is 45.0 Å². The molecule has 1 aromatic rings. The number of nitrogens with zero attached hydrogens (tertiary/aromatic N) is 1. The van der Waals surface area contributed by atoms with E-state index in [-0.39, 0.29) is 5.41 Å². The molecule has 0 saturated carbocycles. The van der Waals surface area contributed by atoms with Gasteiger partial charge in [0.05, 0.1) is 18.6 Å². The predicted molar refractivity (Wildman–Crippen MR) is 70.2 cm³/mol. The van der Waals surface area contributed by atoms with Crippen LogP contribution in [0.2, 0.25) is 0 Å². The monoisotopic (exact) mass is 232 g/mol. The molecule has 0 saturated heterocycles. The SMILES string of the molecule is COc1ccc(C)c(NCCC(C)(C)C#N)c1. The van der Waals surface area contributed by atoms with Crippen molar-refractivity contribution >= 4 is 5.69 Å². The van der Waals surface area contributed by atoms with E-state index in [4.69, 9.17) is 10.00 Å². The largest absolute Gasteiger partial charge is 0.497 e. The Bertz CT molecular complexity index is 419. The van der Waals surface area contributed by atoms with Crippen LogP contribution in [0, 0.1) is 23.7 Å². The predicted octanol–water partition coefficient (Wildman–Crippen LogP) is 3.36. The zero-order chi connectivity index (χ0) is 12.9. The molecule has 0 radical (unpaired) electrons. The van der Waals surface area contributed by atoms with Gasteiger partial charge in [-0.05, 0) is 38.8 Å². The summed E-state index contributed by atoms with van der Waals surface area (Å²) >= 11 is 0. The van der Waals surface area contributed by atoms with Crippen LogP contribution in [0.5, 0.6) is 5.75 Å². The highest BCUT2D eigenvalue weighted by molar-refractivity contribution is 5.54. The minimum absolute atomic E-state index is 0.278. The van der Waals surface area contributed by atoms with Gasteiger partial charge < -0.3 is 10.1 Å². The standard InChI is InChI=1S/C14H20N2O/c1-11-5-6-12(17-4)9-13(11)16-8-7-14(2,3)10-15/h5-6,9,16H,7-8H2,1-4H3. The summed E-state index contributed by atoms with van der Waals surface area (Å²) < 4.78 is 5.19. The fourth-order valence-corrected chi connectivity index (χ4v) is 1.48. The minimum atomic E-state index is -0.278. The molecular formula is C14H20N2O. The van der Waals surface area contributed by atoms with Crippen LogP contribution in [0.15, 0.2) is 18.2 Å². The van der Waals surface area contributed by atoms with Crippen LogP contribution in [0.1, 0.15) is 25.8 Å². The summed E-state index contributed by atoms with van der Waals surface area (Å²) in [4.78, 5) is 0. The third-order valence-corrected chi connectivity index (χ3v) is 2.81. The molecule has 0 bridgehead atoms. The van der Waals surface area contributed by atoms with Gasteiger partial charge >= 0.3 is 0 Å². The summed E-state index contributed by atoms with van der Waals surface area (Å²) in [7, 11) is 1.66. The van der Waals surface area contributed by atoms with Gasteiger partial charge in [-0.25, -0.2) is 0 Å². The van der Waals surface area contributed by atoms with Crippen molar-refractivity contribution in [3.05, 3.63) is 23.8 Å². The Kier molecular flexibility index (Phi) is 4.39. The molecular weight excluding hydrogens is 212 g/mol. The van der Waals surface area contributed by atoms with Crippen molar-refractivity contribution in [1.29, 1.82) is 5.26 Å². The number of rotatable bonds is 5. The summed E-state index contributed by atoms with van der Waals surface area (Å²) in [6, 6.07) is 8.25. The Morgan fingerprint density at radius 2 is 2.12 bits per heavy atom. The van der Waals surface area contributed by atoms with E-state index in [2.05, 4.69) is 18.3 Å². The lowest BCUT2D eigenvalue weighted by Crippen LogP contribution is -2.15. The van der Waals surface area contributed by atoms with Crippen LogP contribution >= 0.6 is 0 Å². The molecule has 0 aliphatic heterocycles. The van der Waals surface area contributed by atoms with Gasteiger partial charge in [-0.3, -0.25) is 0 Å². The van der Waals surface area contributed by atoms with E-state index in [1.54, 1.807) is 7.11 Å². The van der Waals surface area contributed by atoms with Gasteiger partial charge in [0.25, 0.3) is 0 Å². The van der Waals surface area contributed by atoms with Gasteiger partial charge in [0.1, 0.15) is 5.75 Å². The molecule has 3 nitrogen and oxygen atoms in total. The Morgan fingerprint density at radius 1 is 1.41 bits per heavy atom. The van der Waals surface area contributed by atoms with Crippen LogP contribution < -0.4 is 10.1 Å². The van der Waals surface area contributed by atoms with Crippen LogP contribution in [-0.4, -0.2) is 13.7 Å². The normalized spacial score (nSPS) is 10.8. The van der Waals surface area contributed by atoms with Gasteiger partial charge in [-0.15, -0.1) is 0 Å². The smallest absolute Gasteiger partial charge is 0.120 e. The molecule has 17 heavy (non-hydrogen) atoms. The molecule has 92 valence electrons. The first-order valence-corrected chi connectivity index (χ1v) is 5.78. The van der Waals surface area contributed by atoms with Crippen molar-refractivity contribution in [3.8, 4) is 11.8 Å². The third kappa shape index (κ3) is 3.99. The molecule has 1 N–H and O–H groups in total. The van der Waals surface area contributed by atoms with Crippen molar-refractivity contribution in [2.75, 3.05) is 19.0 Å². The maximum absolute atomic E-state index is 8.93. The average molecular weight is 232 g/mol. The summed E-state index contributed by atoms with van der Waals surface area (Å²) in [6.07, 6.45) is 0.820. The van der Waals surface area contributed by atoms with Crippen molar-refractivity contribution in [2.24, 2.45) is 5.41 Å². The lowest BCUT2D eigenvalue weighted by Gasteiger charge is -2.17. The van der Waals surface area contributed by atoms with Gasteiger partial charge in [0, 0.05) is 18.3 Å². The number of nitrogens with one attached hydrogen (secondary N) is 1. The second-order valence-electron chi connectivity index (χ2n) is 4.85. The number of hydrogen-bond donors (Lipinski definition) is 1. The number of ether oxygens (including phenoxy) is 1. The summed E-state index contributed by atoms with van der Waals surface area (Å²) in [5, 5.41) is 12.3. The number of anilines is 1. The maximum atomic E-state index is 8.93. The Hall–Kier alpha value is -1.69. The lowest BCUT2D eigenvalue weighted by molar-refractivity contribution is 0.415. The number of nitriles is 1. The quantitative estimate of drug-likeness (QED) is 0.846. The van der Waals surface area contributed by atoms with Gasteiger partial charge in [0.15, 0.2) is 0 Å². The Labute approximate surface area is 103 Å². The van der Waals surface area contributed by atoms with Crippen LogP contribution in [0.3, 0.4) is 0 Å². The molecule has 0 atom stereocenters. The molecule has 0 heterocycles. The van der Waals surface area contributed by atoms with E-state index < -0.39 is 0 Å². The molecule has 1 rings (SSSR count). The zero-order valence-corrected chi connectivity index (χ0v) is 11.0. The molecule has 0 aliphatic carbocycles. The number of benzene rings is 1. The van der Waals surface area contributed by atoms with E-state index in [0.717, 1.165) is 24.4 Å². The highest BCUT2D eigenvalue weighted by Crippen LogP contribution is 2.23. The molecule has 1 aromatic carbocycles. The second-order valence-corrected chi connectivity index (χ2v) is 4.85. The molecule has 0 unspecified atom stereocenters. The molecule has 0 fully saturated rings. The minimum Gasteiger partial charge on any atom is -0.497 e. The fraction of sp³-hybridized carbons (Fsp3) is 0.500. The van der Waals surface area contributed by atoms with Crippen LogP contribution in [-0.2, 0) is 0 Å². The molecule has 0 aromatic heterocycles. The zero-order valence-electron chi connectivity index (χ0n) is 11.0. The summed E-state index contributed by atoms with van der Waals surface area (Å²) in [5.74, 6) is 0.845. The maximum Gasteiger partial charge on any atom is 0.120 e. The van der Waals surface area contributed by atoms with Gasteiger partial charge in [-0.2, -0.15) is 5.26 Å². The third-order valence-electron chi connectivity index (χ3n) is 2.81. The first-order valence-electron chi connectivity index (χ1n) is 5.78. The number of methoxy groups -OCH3 is 1. The lowest BCUT2D eigenvalue weighted by atomic mass is 9.91. The molecule has 0 spiro atoms. The fourth-order valence-electron chi connectivity index (χ4n) is 1.48. The molecule has 0 amide bonds. The summed E-state index contributed by atoms with van der Waals surface area (Å²) in [5.41, 5.74) is 1.97. The first-order chi connectivity index (χ1) is 7.98. The second kappa shape index (κ2) is 5.58. The Balaban J connectivity index is 2.61. The van der Waals surface area contributed by atoms with Gasteiger partial charge in [0.2, 0.25) is 0 Å². The van der Waals surface area contributed by atoms with E-state index >= 15 is 0 Å². The van der Waals surface area contributed by atoms with E-state index in [1.165, 1.54) is 5.56 Å². The van der Waals surface area contributed by atoms with E-state index in [9.17, 15) is 0 Å². The number of hydrogen-bond acceptors (Lipinski definition) is 3.